The number of rotatable bonds is 8. The first kappa shape index (κ1) is 17.3. The lowest BCUT2D eigenvalue weighted by atomic mass is 10.2. The molecule has 1 rings (SSSR count). The number of aryl methyl sites for hydroxylation is 1. The molecular formula is C16H27N3O2. The highest BCUT2D eigenvalue weighted by molar-refractivity contribution is 5.79. The molecule has 0 fully saturated rings. The van der Waals surface area contributed by atoms with Crippen LogP contribution in [-0.2, 0) is 4.74 Å². The number of methoxy groups -OCH3 is 1. The second-order valence-corrected chi connectivity index (χ2v) is 4.97. The third-order valence-electron chi connectivity index (χ3n) is 2.96. The Bertz CT molecular complexity index is 418. The minimum atomic E-state index is 0.0604. The molecule has 0 aliphatic rings. The maximum Gasteiger partial charge on any atom is 0.191 e. The molecule has 1 unspecified atom stereocenters. The van der Waals surface area contributed by atoms with Gasteiger partial charge in [0.1, 0.15) is 11.9 Å². The number of nitrogens with zero attached hydrogens (tertiary/aromatic N) is 1. The van der Waals surface area contributed by atoms with Gasteiger partial charge in [-0.25, -0.2) is 0 Å². The first-order valence-electron chi connectivity index (χ1n) is 7.32. The minimum Gasteiger partial charge on any atom is -0.489 e. The predicted octanol–water partition coefficient (Wildman–Crippen LogP) is 1.96. The second-order valence-electron chi connectivity index (χ2n) is 4.97. The number of benzene rings is 1. The smallest absolute Gasteiger partial charge is 0.191 e. The van der Waals surface area contributed by atoms with Gasteiger partial charge in [-0.05, 0) is 32.4 Å². The Hall–Kier alpha value is -1.75. The van der Waals surface area contributed by atoms with Gasteiger partial charge in [-0.3, -0.25) is 4.99 Å². The number of hydrogen-bond donors (Lipinski definition) is 2. The molecule has 0 radical (unpaired) electrons. The molecule has 0 spiro atoms. The zero-order valence-corrected chi connectivity index (χ0v) is 13.5. The van der Waals surface area contributed by atoms with Gasteiger partial charge in [0.2, 0.25) is 0 Å². The average molecular weight is 293 g/mol. The normalized spacial score (nSPS) is 12.9. The van der Waals surface area contributed by atoms with E-state index in [-0.39, 0.29) is 6.10 Å². The molecule has 0 heterocycles. The van der Waals surface area contributed by atoms with Crippen molar-refractivity contribution in [2.24, 2.45) is 4.99 Å². The van der Waals surface area contributed by atoms with Crippen LogP contribution in [0.4, 0.5) is 0 Å². The molecule has 0 aliphatic carbocycles. The van der Waals surface area contributed by atoms with Crippen LogP contribution < -0.4 is 15.4 Å². The highest BCUT2D eigenvalue weighted by Gasteiger charge is 2.05. The number of aliphatic imine (C=N–C) groups is 1. The molecule has 1 atom stereocenters. The lowest BCUT2D eigenvalue weighted by Gasteiger charge is -2.17. The lowest BCUT2D eigenvalue weighted by molar-refractivity contribution is 0.195. The van der Waals surface area contributed by atoms with Gasteiger partial charge in [0.25, 0.3) is 0 Å². The van der Waals surface area contributed by atoms with Crippen LogP contribution in [0.1, 0.15) is 18.9 Å². The van der Waals surface area contributed by atoms with E-state index in [0.717, 1.165) is 31.3 Å². The van der Waals surface area contributed by atoms with E-state index in [1.54, 1.807) is 14.2 Å². The Balaban J connectivity index is 2.27. The largest absolute Gasteiger partial charge is 0.489 e. The highest BCUT2D eigenvalue weighted by Crippen LogP contribution is 2.12. The maximum absolute atomic E-state index is 5.84. The quantitative estimate of drug-likeness (QED) is 0.437. The standard InChI is InChI=1S/C16H27N3O2/c1-13-6-8-15(9-7-13)21-14(2)12-19-16(17-3)18-10-5-11-20-4/h6-9,14H,5,10-12H2,1-4H3,(H2,17,18,19). The summed E-state index contributed by atoms with van der Waals surface area (Å²) in [6, 6.07) is 8.07. The Kier molecular flexibility index (Phi) is 8.28. The van der Waals surface area contributed by atoms with E-state index >= 15 is 0 Å². The van der Waals surface area contributed by atoms with Gasteiger partial charge in [-0.1, -0.05) is 17.7 Å². The molecule has 0 bridgehead atoms. The zero-order valence-electron chi connectivity index (χ0n) is 13.5. The Labute approximate surface area is 127 Å². The SMILES string of the molecule is CN=C(NCCCOC)NCC(C)Oc1ccc(C)cc1. The van der Waals surface area contributed by atoms with Crippen molar-refractivity contribution < 1.29 is 9.47 Å². The summed E-state index contributed by atoms with van der Waals surface area (Å²) in [5.41, 5.74) is 1.23. The van der Waals surface area contributed by atoms with Crippen LogP contribution >= 0.6 is 0 Å². The summed E-state index contributed by atoms with van der Waals surface area (Å²) in [5, 5.41) is 6.49. The van der Waals surface area contributed by atoms with Gasteiger partial charge >= 0.3 is 0 Å². The molecule has 1 aromatic rings. The van der Waals surface area contributed by atoms with Crippen LogP contribution in [0.15, 0.2) is 29.3 Å². The number of hydrogen-bond acceptors (Lipinski definition) is 3. The second kappa shape index (κ2) is 10.0. The summed E-state index contributed by atoms with van der Waals surface area (Å²) in [7, 11) is 3.47. The Morgan fingerprint density at radius 3 is 2.57 bits per heavy atom. The average Bonchev–Trinajstić information content (AvgIpc) is 2.49. The molecule has 118 valence electrons. The van der Waals surface area contributed by atoms with Crippen molar-refractivity contribution in [2.45, 2.75) is 26.4 Å². The first-order chi connectivity index (χ1) is 10.2. The van der Waals surface area contributed by atoms with E-state index < -0.39 is 0 Å². The van der Waals surface area contributed by atoms with Crippen molar-refractivity contribution >= 4 is 5.96 Å². The molecule has 0 saturated heterocycles. The molecule has 0 aliphatic heterocycles. The van der Waals surface area contributed by atoms with Crippen molar-refractivity contribution in [2.75, 3.05) is 33.9 Å². The van der Waals surface area contributed by atoms with Gasteiger partial charge in [0.05, 0.1) is 6.54 Å². The molecular weight excluding hydrogens is 266 g/mol. The third-order valence-corrected chi connectivity index (χ3v) is 2.96. The summed E-state index contributed by atoms with van der Waals surface area (Å²) in [6.45, 7) is 6.37. The van der Waals surface area contributed by atoms with Crippen molar-refractivity contribution in [1.82, 2.24) is 10.6 Å². The number of nitrogens with one attached hydrogen (secondary N) is 2. The Morgan fingerprint density at radius 2 is 1.95 bits per heavy atom. The zero-order chi connectivity index (χ0) is 15.5. The monoisotopic (exact) mass is 293 g/mol. The van der Waals surface area contributed by atoms with Gasteiger partial charge in [-0.2, -0.15) is 0 Å². The summed E-state index contributed by atoms with van der Waals surface area (Å²) in [6.07, 6.45) is 1.01. The van der Waals surface area contributed by atoms with E-state index in [9.17, 15) is 0 Å². The van der Waals surface area contributed by atoms with Crippen molar-refractivity contribution in [3.05, 3.63) is 29.8 Å². The van der Waals surface area contributed by atoms with Gasteiger partial charge in [-0.15, -0.1) is 0 Å². The number of guanidine groups is 1. The topological polar surface area (TPSA) is 54.9 Å². The summed E-state index contributed by atoms with van der Waals surface area (Å²) >= 11 is 0. The van der Waals surface area contributed by atoms with Gasteiger partial charge < -0.3 is 20.1 Å². The van der Waals surface area contributed by atoms with Crippen molar-refractivity contribution in [1.29, 1.82) is 0 Å². The van der Waals surface area contributed by atoms with Crippen molar-refractivity contribution in [3.8, 4) is 5.75 Å². The van der Waals surface area contributed by atoms with Crippen LogP contribution in [0, 0.1) is 6.92 Å². The summed E-state index contributed by atoms with van der Waals surface area (Å²) in [5.74, 6) is 1.67. The van der Waals surface area contributed by atoms with E-state index in [1.165, 1.54) is 5.56 Å². The van der Waals surface area contributed by atoms with Crippen LogP contribution in [0.5, 0.6) is 5.75 Å². The van der Waals surface area contributed by atoms with E-state index in [4.69, 9.17) is 9.47 Å². The van der Waals surface area contributed by atoms with Crippen molar-refractivity contribution in [3.63, 3.8) is 0 Å². The van der Waals surface area contributed by atoms with E-state index in [2.05, 4.69) is 22.5 Å². The molecule has 0 saturated carbocycles. The van der Waals surface area contributed by atoms with Gasteiger partial charge in [0.15, 0.2) is 5.96 Å². The fraction of sp³-hybridized carbons (Fsp3) is 0.562. The molecule has 5 heteroatoms. The minimum absolute atomic E-state index is 0.0604. The molecule has 0 aromatic heterocycles. The first-order valence-corrected chi connectivity index (χ1v) is 7.32. The van der Waals surface area contributed by atoms with Gasteiger partial charge in [0, 0.05) is 27.3 Å². The third kappa shape index (κ3) is 7.56. The van der Waals surface area contributed by atoms with E-state index in [1.807, 2.05) is 31.2 Å². The fourth-order valence-corrected chi connectivity index (χ4v) is 1.78. The number of ether oxygens (including phenoxy) is 2. The molecule has 5 nitrogen and oxygen atoms in total. The predicted molar refractivity (Wildman–Crippen MR) is 87.1 cm³/mol. The maximum atomic E-state index is 5.84. The summed E-state index contributed by atoms with van der Waals surface area (Å²) in [4.78, 5) is 4.17. The van der Waals surface area contributed by atoms with Crippen LogP contribution in [-0.4, -0.2) is 45.9 Å². The van der Waals surface area contributed by atoms with Crippen LogP contribution in [0.2, 0.25) is 0 Å². The Morgan fingerprint density at radius 1 is 1.24 bits per heavy atom. The van der Waals surface area contributed by atoms with E-state index in [0.29, 0.717) is 6.54 Å². The molecule has 0 amide bonds. The summed E-state index contributed by atoms with van der Waals surface area (Å²) < 4.78 is 10.9. The molecule has 21 heavy (non-hydrogen) atoms. The van der Waals surface area contributed by atoms with Crippen LogP contribution in [0.25, 0.3) is 0 Å². The lowest BCUT2D eigenvalue weighted by Crippen LogP contribution is -2.42. The fourth-order valence-electron chi connectivity index (χ4n) is 1.78. The molecule has 2 N–H and O–H groups in total. The van der Waals surface area contributed by atoms with Crippen LogP contribution in [0.3, 0.4) is 0 Å². The highest BCUT2D eigenvalue weighted by atomic mass is 16.5. The molecule has 1 aromatic carbocycles.